The molecule has 3 amide bonds. The first-order valence-electron chi connectivity index (χ1n) is 14.4. The molecule has 8 nitrogen and oxygen atoms in total. The fourth-order valence-electron chi connectivity index (χ4n) is 4.91. The van der Waals surface area contributed by atoms with Crippen molar-refractivity contribution >= 4 is 52.2 Å². The molecular weight excluding hydrogens is 573 g/mol. The highest BCUT2D eigenvalue weighted by Crippen LogP contribution is 2.34. The standard InChI is InChI=1S/C32H39Cl2N5O3/c1-23(35-15-6-20-40)25-21-28(33)31(29(34)22-25)37-32(42)39-18-16-38(17-19-39)27-13-11-26(12-14-27)36-30(41)10-5-9-24-7-3-2-4-8-24/h2-4,7-8,11-14,21-23,35,40H,5-6,9-10,15-20H2,1H3,(H,36,41)(H,37,42). The van der Waals surface area contributed by atoms with Crippen LogP contribution < -0.4 is 20.9 Å². The number of aryl methyl sites for hydroxylation is 1. The molecule has 3 aromatic rings. The summed E-state index contributed by atoms with van der Waals surface area (Å²) in [7, 11) is 0. The molecule has 1 unspecified atom stereocenters. The lowest BCUT2D eigenvalue weighted by Gasteiger charge is -2.36. The number of nitrogens with zero attached hydrogens (tertiary/aromatic N) is 2. The molecule has 4 rings (SSSR count). The van der Waals surface area contributed by atoms with E-state index in [1.165, 1.54) is 5.56 Å². The van der Waals surface area contributed by atoms with Gasteiger partial charge in [0.1, 0.15) is 0 Å². The lowest BCUT2D eigenvalue weighted by atomic mass is 10.1. The number of nitrogens with one attached hydrogen (secondary N) is 3. The Bertz CT molecular complexity index is 1290. The highest BCUT2D eigenvalue weighted by atomic mass is 35.5. The van der Waals surface area contributed by atoms with Crippen molar-refractivity contribution in [3.63, 3.8) is 0 Å². The molecular formula is C32H39Cl2N5O3. The van der Waals surface area contributed by atoms with Crippen molar-refractivity contribution in [2.24, 2.45) is 0 Å². The number of rotatable bonds is 12. The minimum Gasteiger partial charge on any atom is -0.396 e. The lowest BCUT2D eigenvalue weighted by Crippen LogP contribution is -2.50. The van der Waals surface area contributed by atoms with Crippen LogP contribution in [0.3, 0.4) is 0 Å². The molecule has 4 N–H and O–H groups in total. The number of carbonyl (C=O) groups excluding carboxylic acids is 2. The molecule has 10 heteroatoms. The summed E-state index contributed by atoms with van der Waals surface area (Å²) < 4.78 is 0. The summed E-state index contributed by atoms with van der Waals surface area (Å²) in [6.45, 7) is 5.24. The van der Waals surface area contributed by atoms with Gasteiger partial charge in [-0.05, 0) is 80.3 Å². The highest BCUT2D eigenvalue weighted by molar-refractivity contribution is 6.39. The van der Waals surface area contributed by atoms with Gasteiger partial charge in [-0.3, -0.25) is 4.79 Å². The fourth-order valence-corrected chi connectivity index (χ4v) is 5.51. The Balaban J connectivity index is 1.22. The molecule has 1 atom stereocenters. The van der Waals surface area contributed by atoms with Crippen molar-refractivity contribution in [1.29, 1.82) is 0 Å². The van der Waals surface area contributed by atoms with Gasteiger partial charge >= 0.3 is 6.03 Å². The van der Waals surface area contributed by atoms with E-state index in [4.69, 9.17) is 28.3 Å². The van der Waals surface area contributed by atoms with Crippen LogP contribution in [0.2, 0.25) is 10.0 Å². The van der Waals surface area contributed by atoms with Gasteiger partial charge in [-0.15, -0.1) is 0 Å². The second-order valence-electron chi connectivity index (χ2n) is 10.5. The molecule has 1 fully saturated rings. The Morgan fingerprint density at radius 2 is 1.57 bits per heavy atom. The molecule has 0 radical (unpaired) electrons. The molecule has 3 aromatic carbocycles. The zero-order valence-corrected chi connectivity index (χ0v) is 25.4. The fraction of sp³-hybridized carbons (Fsp3) is 0.375. The average molecular weight is 613 g/mol. The summed E-state index contributed by atoms with van der Waals surface area (Å²) in [5, 5.41) is 18.9. The largest absolute Gasteiger partial charge is 0.396 e. The van der Waals surface area contributed by atoms with E-state index in [1.807, 2.05) is 49.4 Å². The number of aliphatic hydroxyl groups is 1. The number of hydrogen-bond acceptors (Lipinski definition) is 5. The van der Waals surface area contributed by atoms with Gasteiger partial charge in [-0.2, -0.15) is 0 Å². The van der Waals surface area contributed by atoms with Gasteiger partial charge in [0.2, 0.25) is 5.91 Å². The maximum absolute atomic E-state index is 13.0. The molecule has 1 heterocycles. The van der Waals surface area contributed by atoms with Gasteiger partial charge in [-0.1, -0.05) is 53.5 Å². The number of hydrogen-bond donors (Lipinski definition) is 4. The summed E-state index contributed by atoms with van der Waals surface area (Å²) in [4.78, 5) is 29.3. The monoisotopic (exact) mass is 611 g/mol. The first-order chi connectivity index (χ1) is 20.3. The predicted molar refractivity (Wildman–Crippen MR) is 172 cm³/mol. The van der Waals surface area contributed by atoms with Crippen LogP contribution in [0.1, 0.15) is 43.4 Å². The minimum atomic E-state index is -0.245. The number of amides is 3. The second-order valence-corrected chi connectivity index (χ2v) is 11.3. The van der Waals surface area contributed by atoms with Crippen molar-refractivity contribution < 1.29 is 14.7 Å². The Morgan fingerprint density at radius 3 is 2.21 bits per heavy atom. The van der Waals surface area contributed by atoms with Crippen LogP contribution in [0.5, 0.6) is 0 Å². The lowest BCUT2D eigenvalue weighted by molar-refractivity contribution is -0.116. The summed E-state index contributed by atoms with van der Waals surface area (Å²) in [6.07, 6.45) is 2.82. The van der Waals surface area contributed by atoms with E-state index in [-0.39, 0.29) is 24.6 Å². The number of carbonyl (C=O) groups is 2. The van der Waals surface area contributed by atoms with E-state index in [2.05, 4.69) is 33.0 Å². The molecule has 224 valence electrons. The molecule has 0 saturated carbocycles. The van der Waals surface area contributed by atoms with Crippen LogP contribution in [0.15, 0.2) is 66.7 Å². The Hall–Kier alpha value is -3.30. The van der Waals surface area contributed by atoms with Crippen LogP contribution >= 0.6 is 23.2 Å². The highest BCUT2D eigenvalue weighted by Gasteiger charge is 2.23. The van der Waals surface area contributed by atoms with Crippen LogP contribution in [-0.4, -0.2) is 61.3 Å². The van der Waals surface area contributed by atoms with E-state index in [0.29, 0.717) is 61.3 Å². The number of piperazine rings is 1. The second kappa shape index (κ2) is 15.8. The smallest absolute Gasteiger partial charge is 0.322 e. The Kier molecular flexibility index (Phi) is 11.9. The summed E-state index contributed by atoms with van der Waals surface area (Å²) in [6, 6.07) is 21.4. The molecule has 1 aliphatic rings. The van der Waals surface area contributed by atoms with Gasteiger partial charge < -0.3 is 30.9 Å². The summed E-state index contributed by atoms with van der Waals surface area (Å²) in [5.41, 5.74) is 4.36. The van der Waals surface area contributed by atoms with Crippen molar-refractivity contribution in [3.8, 4) is 0 Å². The SMILES string of the molecule is CC(NCCCO)c1cc(Cl)c(NC(=O)N2CCN(c3ccc(NC(=O)CCCc4ccccc4)cc3)CC2)c(Cl)c1. The van der Waals surface area contributed by atoms with Crippen LogP contribution in [0.4, 0.5) is 21.9 Å². The quantitative estimate of drug-likeness (QED) is 0.179. The van der Waals surface area contributed by atoms with E-state index >= 15 is 0 Å². The number of halogens is 2. The molecule has 0 aliphatic carbocycles. The van der Waals surface area contributed by atoms with Crippen LogP contribution in [0, 0.1) is 0 Å². The normalized spacial score (nSPS) is 14.0. The maximum atomic E-state index is 13.0. The van der Waals surface area contributed by atoms with Gasteiger partial charge in [-0.25, -0.2) is 4.79 Å². The minimum absolute atomic E-state index is 0.000332. The van der Waals surface area contributed by atoms with E-state index in [9.17, 15) is 9.59 Å². The molecule has 1 saturated heterocycles. The number of benzene rings is 3. The van der Waals surface area contributed by atoms with Crippen molar-refractivity contribution in [2.45, 2.75) is 38.6 Å². The van der Waals surface area contributed by atoms with Crippen molar-refractivity contribution in [3.05, 3.63) is 87.9 Å². The average Bonchev–Trinajstić information content (AvgIpc) is 3.00. The molecule has 0 bridgehead atoms. The summed E-state index contributed by atoms with van der Waals surface area (Å²) in [5.74, 6) is 0.0115. The number of urea groups is 1. The zero-order chi connectivity index (χ0) is 29.9. The Morgan fingerprint density at radius 1 is 0.905 bits per heavy atom. The Labute approximate surface area is 258 Å². The van der Waals surface area contributed by atoms with Gasteiger partial charge in [0.05, 0.1) is 15.7 Å². The van der Waals surface area contributed by atoms with Crippen molar-refractivity contribution in [2.75, 3.05) is 54.9 Å². The third-order valence-electron chi connectivity index (χ3n) is 7.38. The van der Waals surface area contributed by atoms with Gasteiger partial charge in [0, 0.05) is 56.6 Å². The van der Waals surface area contributed by atoms with Crippen molar-refractivity contribution in [1.82, 2.24) is 10.2 Å². The first kappa shape index (κ1) is 31.6. The molecule has 0 aromatic heterocycles. The first-order valence-corrected chi connectivity index (χ1v) is 15.2. The number of anilines is 3. The molecule has 0 spiro atoms. The zero-order valence-electron chi connectivity index (χ0n) is 23.9. The van der Waals surface area contributed by atoms with Crippen LogP contribution in [0.25, 0.3) is 0 Å². The maximum Gasteiger partial charge on any atom is 0.322 e. The number of aliphatic hydroxyl groups excluding tert-OH is 1. The van der Waals surface area contributed by atoms with E-state index in [0.717, 1.165) is 29.8 Å². The molecule has 1 aliphatic heterocycles. The third-order valence-corrected chi connectivity index (χ3v) is 7.97. The van der Waals surface area contributed by atoms with Crippen LogP contribution in [-0.2, 0) is 11.2 Å². The summed E-state index contributed by atoms with van der Waals surface area (Å²) >= 11 is 13.0. The van der Waals surface area contributed by atoms with Gasteiger partial charge in [0.15, 0.2) is 0 Å². The van der Waals surface area contributed by atoms with Gasteiger partial charge in [0.25, 0.3) is 0 Å². The topological polar surface area (TPSA) is 96.9 Å². The van der Waals surface area contributed by atoms with E-state index in [1.54, 1.807) is 17.0 Å². The third kappa shape index (κ3) is 9.10. The van der Waals surface area contributed by atoms with E-state index < -0.39 is 0 Å². The molecule has 42 heavy (non-hydrogen) atoms. The predicted octanol–water partition coefficient (Wildman–Crippen LogP) is 6.34.